The lowest BCUT2D eigenvalue weighted by atomic mass is 10.4. The van der Waals surface area contributed by atoms with Gasteiger partial charge < -0.3 is 11.1 Å². The van der Waals surface area contributed by atoms with Gasteiger partial charge in [0.1, 0.15) is 0 Å². The predicted octanol–water partition coefficient (Wildman–Crippen LogP) is 3.43. The number of nitrogens with one attached hydrogen (secondary N) is 1. The number of nitrogen functional groups attached to an aromatic ring is 1. The minimum absolute atomic E-state index is 0.0583. The summed E-state index contributed by atoms with van der Waals surface area (Å²) in [5.74, 6) is 0.570. The van der Waals surface area contributed by atoms with Crippen LogP contribution in [0.3, 0.4) is 0 Å². The highest BCUT2D eigenvalue weighted by atomic mass is 32.2. The van der Waals surface area contributed by atoms with E-state index in [0.29, 0.717) is 22.4 Å². The normalized spacial score (nSPS) is 10.7. The maximum absolute atomic E-state index is 11.9. The highest BCUT2D eigenvalue weighted by Crippen LogP contribution is 2.28. The average Bonchev–Trinajstić information content (AvgIpc) is 3.20. The monoisotopic (exact) mass is 369 g/mol. The van der Waals surface area contributed by atoms with Crippen LogP contribution in [0.4, 0.5) is 10.3 Å². The molecule has 114 valence electrons. The Labute approximate surface area is 142 Å². The third-order valence-corrected chi connectivity index (χ3v) is 6.04. The van der Waals surface area contributed by atoms with E-state index in [-0.39, 0.29) is 5.91 Å². The zero-order chi connectivity index (χ0) is 15.4. The molecule has 22 heavy (non-hydrogen) atoms. The molecular weight excluding hydrogens is 358 g/mol. The van der Waals surface area contributed by atoms with Gasteiger partial charge in [-0.05, 0) is 11.4 Å². The van der Waals surface area contributed by atoms with Crippen molar-refractivity contribution in [3.63, 3.8) is 0 Å². The standard InChI is InChI=1S/C12H11N5OS4/c13-10-16-17-12(22-10)20-5-3-9(18)15-11-14-7(6-21-11)8-2-1-4-19-8/h1-2,4,6H,3,5H2,(H2,13,16)(H,14,15,18). The second-order valence-corrected chi connectivity index (χ2v) is 8.22. The van der Waals surface area contributed by atoms with Crippen molar-refractivity contribution < 1.29 is 4.79 Å². The second kappa shape index (κ2) is 7.18. The van der Waals surface area contributed by atoms with Crippen LogP contribution in [-0.2, 0) is 4.79 Å². The average molecular weight is 370 g/mol. The Morgan fingerprint density at radius 2 is 2.27 bits per heavy atom. The molecule has 0 aliphatic heterocycles. The van der Waals surface area contributed by atoms with Crippen LogP contribution >= 0.6 is 45.8 Å². The molecule has 0 atom stereocenters. The van der Waals surface area contributed by atoms with Crippen molar-refractivity contribution in [3.05, 3.63) is 22.9 Å². The minimum Gasteiger partial charge on any atom is -0.374 e. The predicted molar refractivity (Wildman–Crippen MR) is 93.7 cm³/mol. The van der Waals surface area contributed by atoms with E-state index in [1.165, 1.54) is 34.4 Å². The molecule has 0 spiro atoms. The van der Waals surface area contributed by atoms with Gasteiger partial charge in [-0.1, -0.05) is 29.2 Å². The van der Waals surface area contributed by atoms with Crippen LogP contribution in [0.25, 0.3) is 10.6 Å². The van der Waals surface area contributed by atoms with Gasteiger partial charge >= 0.3 is 0 Å². The number of nitrogens with two attached hydrogens (primary N) is 1. The van der Waals surface area contributed by atoms with Crippen LogP contribution in [0.5, 0.6) is 0 Å². The molecule has 3 N–H and O–H groups in total. The topological polar surface area (TPSA) is 93.8 Å². The fraction of sp³-hybridized carbons (Fsp3) is 0.167. The van der Waals surface area contributed by atoms with Gasteiger partial charge in [0.25, 0.3) is 0 Å². The molecule has 3 aromatic heterocycles. The number of thiazole rings is 1. The molecule has 0 saturated heterocycles. The van der Waals surface area contributed by atoms with E-state index in [4.69, 9.17) is 5.73 Å². The van der Waals surface area contributed by atoms with Gasteiger partial charge in [-0.25, -0.2) is 4.98 Å². The Bertz CT molecular complexity index is 751. The molecule has 0 radical (unpaired) electrons. The minimum atomic E-state index is -0.0583. The summed E-state index contributed by atoms with van der Waals surface area (Å²) in [6, 6.07) is 3.99. The Morgan fingerprint density at radius 1 is 1.36 bits per heavy atom. The number of rotatable bonds is 6. The van der Waals surface area contributed by atoms with Crippen molar-refractivity contribution in [1.29, 1.82) is 0 Å². The quantitative estimate of drug-likeness (QED) is 0.647. The SMILES string of the molecule is Nc1nnc(SCCC(=O)Nc2nc(-c3cccs3)cs2)s1. The smallest absolute Gasteiger partial charge is 0.226 e. The Balaban J connectivity index is 1.47. The highest BCUT2D eigenvalue weighted by Gasteiger charge is 2.09. The van der Waals surface area contributed by atoms with Gasteiger partial charge in [-0.2, -0.15) is 0 Å². The molecule has 0 saturated carbocycles. The fourth-order valence-corrected chi connectivity index (χ4v) is 4.69. The molecule has 0 fully saturated rings. The Hall–Kier alpha value is -1.49. The number of amides is 1. The molecule has 3 aromatic rings. The highest BCUT2D eigenvalue weighted by molar-refractivity contribution is 8.01. The maximum Gasteiger partial charge on any atom is 0.226 e. The lowest BCUT2D eigenvalue weighted by Gasteiger charge is -2.00. The summed E-state index contributed by atoms with van der Waals surface area (Å²) in [5, 5.41) is 15.5. The Kier molecular flexibility index (Phi) is 5.03. The van der Waals surface area contributed by atoms with Crippen LogP contribution in [0.15, 0.2) is 27.2 Å². The summed E-state index contributed by atoms with van der Waals surface area (Å²) in [6.07, 6.45) is 0.387. The van der Waals surface area contributed by atoms with Gasteiger partial charge in [0.2, 0.25) is 11.0 Å². The van der Waals surface area contributed by atoms with Crippen molar-refractivity contribution in [2.45, 2.75) is 10.8 Å². The largest absolute Gasteiger partial charge is 0.374 e. The van der Waals surface area contributed by atoms with E-state index in [2.05, 4.69) is 20.5 Å². The van der Waals surface area contributed by atoms with Crippen LogP contribution in [0, 0.1) is 0 Å². The molecule has 0 bridgehead atoms. The summed E-state index contributed by atoms with van der Waals surface area (Å²) in [4.78, 5) is 17.4. The van der Waals surface area contributed by atoms with Crippen molar-refractivity contribution in [1.82, 2.24) is 15.2 Å². The number of aromatic nitrogens is 3. The summed E-state index contributed by atoms with van der Waals surface area (Å²) >= 11 is 5.85. The summed E-state index contributed by atoms with van der Waals surface area (Å²) in [5.41, 5.74) is 6.40. The second-order valence-electron chi connectivity index (χ2n) is 4.07. The van der Waals surface area contributed by atoms with E-state index in [9.17, 15) is 4.79 Å². The number of anilines is 2. The number of carbonyl (C=O) groups excluding carboxylic acids is 1. The fourth-order valence-electron chi connectivity index (χ4n) is 1.56. The first-order valence-electron chi connectivity index (χ1n) is 6.22. The summed E-state index contributed by atoms with van der Waals surface area (Å²) in [7, 11) is 0. The van der Waals surface area contributed by atoms with Gasteiger partial charge in [0.05, 0.1) is 10.6 Å². The molecule has 0 aliphatic rings. The Morgan fingerprint density at radius 3 is 3.00 bits per heavy atom. The molecule has 0 aliphatic carbocycles. The molecule has 1 amide bonds. The lowest BCUT2D eigenvalue weighted by molar-refractivity contribution is -0.115. The van der Waals surface area contributed by atoms with E-state index in [1.54, 1.807) is 11.3 Å². The van der Waals surface area contributed by atoms with E-state index in [1.807, 2.05) is 22.9 Å². The first-order chi connectivity index (χ1) is 10.7. The van der Waals surface area contributed by atoms with Crippen molar-refractivity contribution in [2.75, 3.05) is 16.8 Å². The number of thiophene rings is 1. The number of hydrogen-bond donors (Lipinski definition) is 2. The molecule has 3 rings (SSSR count). The van der Waals surface area contributed by atoms with Crippen LogP contribution in [0.2, 0.25) is 0 Å². The third-order valence-electron chi connectivity index (χ3n) is 2.50. The van der Waals surface area contributed by atoms with E-state index in [0.717, 1.165) is 14.9 Å². The van der Waals surface area contributed by atoms with Gasteiger partial charge in [-0.3, -0.25) is 4.79 Å². The molecule has 10 heteroatoms. The van der Waals surface area contributed by atoms with E-state index >= 15 is 0 Å². The van der Waals surface area contributed by atoms with Crippen LogP contribution in [-0.4, -0.2) is 26.8 Å². The zero-order valence-electron chi connectivity index (χ0n) is 11.2. The van der Waals surface area contributed by atoms with Crippen molar-refractivity contribution in [2.24, 2.45) is 0 Å². The lowest BCUT2D eigenvalue weighted by Crippen LogP contribution is -2.11. The third kappa shape index (κ3) is 4.03. The molecule has 0 unspecified atom stereocenters. The van der Waals surface area contributed by atoms with Gasteiger partial charge in [-0.15, -0.1) is 32.9 Å². The molecule has 6 nitrogen and oxygen atoms in total. The zero-order valence-corrected chi connectivity index (χ0v) is 14.4. The van der Waals surface area contributed by atoms with Crippen LogP contribution in [0.1, 0.15) is 6.42 Å². The molecule has 0 aromatic carbocycles. The molecule has 3 heterocycles. The van der Waals surface area contributed by atoms with Gasteiger partial charge in [0, 0.05) is 17.6 Å². The van der Waals surface area contributed by atoms with Crippen molar-refractivity contribution in [3.8, 4) is 10.6 Å². The molecular formula is C12H11N5OS4. The first-order valence-corrected chi connectivity index (χ1v) is 9.78. The van der Waals surface area contributed by atoms with Crippen LogP contribution < -0.4 is 11.1 Å². The first kappa shape index (κ1) is 15.4. The summed E-state index contributed by atoms with van der Waals surface area (Å²) in [6.45, 7) is 0. The van der Waals surface area contributed by atoms with Crippen molar-refractivity contribution >= 4 is 61.9 Å². The van der Waals surface area contributed by atoms with Gasteiger partial charge in [0.15, 0.2) is 9.47 Å². The number of carbonyl (C=O) groups is 1. The number of thioether (sulfide) groups is 1. The van der Waals surface area contributed by atoms with E-state index < -0.39 is 0 Å². The number of hydrogen-bond acceptors (Lipinski definition) is 9. The number of nitrogens with zero attached hydrogens (tertiary/aromatic N) is 3. The maximum atomic E-state index is 11.9. The summed E-state index contributed by atoms with van der Waals surface area (Å²) < 4.78 is 0.777.